The smallest absolute Gasteiger partial charge is 0.348 e. The molecule has 1 saturated heterocycles. The van der Waals surface area contributed by atoms with Gasteiger partial charge in [-0.15, -0.1) is 0 Å². The van der Waals surface area contributed by atoms with Crippen LogP contribution in [0, 0.1) is 11.6 Å². The Kier molecular flexibility index (Phi) is 6.99. The van der Waals surface area contributed by atoms with Crippen molar-refractivity contribution in [3.8, 4) is 0 Å². The second-order valence-electron chi connectivity index (χ2n) is 6.62. The van der Waals surface area contributed by atoms with Crippen LogP contribution in [0.5, 0.6) is 0 Å². The number of carbonyl (C=O) groups excluding carboxylic acids is 1. The first-order chi connectivity index (χ1) is 14.1. The fraction of sp³-hybridized carbons (Fsp3) is 0.250. The number of thioether (sulfide) groups is 1. The van der Waals surface area contributed by atoms with E-state index in [2.05, 4.69) is 5.32 Å². The monoisotopic (exact) mass is 481 g/mol. The average Bonchev–Trinajstić information content (AvgIpc) is 2.61. The standard InChI is InChI=1S/C20H14Cl2F5NOS/c21-15-6-11(7-16(22)18(15)24)14(20(25,26)27)4-2-10-1-3-13(17(23)5-10)19(29)28-12-8-30-9-12/h1-7,12,14H,8-9H2,(H,28,29)/b4-2+. The van der Waals surface area contributed by atoms with Crippen molar-refractivity contribution in [1.82, 2.24) is 5.32 Å². The summed E-state index contributed by atoms with van der Waals surface area (Å²) in [5, 5.41) is 1.61. The minimum atomic E-state index is -4.72. The molecule has 1 atom stereocenters. The number of allylic oxidation sites excluding steroid dienone is 1. The lowest BCUT2D eigenvalue weighted by atomic mass is 9.96. The molecule has 0 aliphatic carbocycles. The predicted octanol–water partition coefficient (Wildman–Crippen LogP) is 6.48. The minimum Gasteiger partial charge on any atom is -0.348 e. The number of carbonyl (C=O) groups is 1. The lowest BCUT2D eigenvalue weighted by molar-refractivity contribution is -0.139. The summed E-state index contributed by atoms with van der Waals surface area (Å²) in [5.41, 5.74) is -0.421. The van der Waals surface area contributed by atoms with E-state index in [9.17, 15) is 26.7 Å². The van der Waals surface area contributed by atoms with Crippen LogP contribution >= 0.6 is 35.0 Å². The summed E-state index contributed by atoms with van der Waals surface area (Å²) in [6, 6.07) is 5.20. The molecular formula is C20H14Cl2F5NOS. The van der Waals surface area contributed by atoms with Crippen molar-refractivity contribution < 1.29 is 26.7 Å². The van der Waals surface area contributed by atoms with Gasteiger partial charge in [0.2, 0.25) is 0 Å². The van der Waals surface area contributed by atoms with Gasteiger partial charge >= 0.3 is 6.18 Å². The summed E-state index contributed by atoms with van der Waals surface area (Å²) < 4.78 is 68.4. The van der Waals surface area contributed by atoms with Gasteiger partial charge in [-0.1, -0.05) is 41.4 Å². The Balaban J connectivity index is 1.84. The molecule has 1 unspecified atom stereocenters. The largest absolute Gasteiger partial charge is 0.399 e. The molecule has 0 spiro atoms. The summed E-state index contributed by atoms with van der Waals surface area (Å²) in [7, 11) is 0. The van der Waals surface area contributed by atoms with Gasteiger partial charge in [0.1, 0.15) is 5.82 Å². The van der Waals surface area contributed by atoms with E-state index < -0.39 is 39.7 Å². The molecular weight excluding hydrogens is 468 g/mol. The maximum absolute atomic E-state index is 14.3. The number of rotatable bonds is 5. The lowest BCUT2D eigenvalue weighted by Gasteiger charge is -2.25. The maximum atomic E-state index is 14.3. The van der Waals surface area contributed by atoms with E-state index in [0.29, 0.717) is 0 Å². The van der Waals surface area contributed by atoms with Gasteiger partial charge in [0.15, 0.2) is 5.82 Å². The molecule has 1 aliphatic heterocycles. The SMILES string of the molecule is O=C(NC1CSC1)c1ccc(/C=C/C(c2cc(Cl)c(F)c(Cl)c2)C(F)(F)F)cc1F. The summed E-state index contributed by atoms with van der Waals surface area (Å²) in [4.78, 5) is 12.1. The van der Waals surface area contributed by atoms with E-state index >= 15 is 0 Å². The highest BCUT2D eigenvalue weighted by molar-refractivity contribution is 8.00. The Morgan fingerprint density at radius 2 is 1.77 bits per heavy atom. The Hall–Kier alpha value is -1.77. The first-order valence-electron chi connectivity index (χ1n) is 8.63. The van der Waals surface area contributed by atoms with Crippen LogP contribution in [0.2, 0.25) is 10.0 Å². The van der Waals surface area contributed by atoms with Gasteiger partial charge in [-0.2, -0.15) is 24.9 Å². The van der Waals surface area contributed by atoms with Crippen LogP contribution in [0.3, 0.4) is 0 Å². The number of hydrogen-bond donors (Lipinski definition) is 1. The highest BCUT2D eigenvalue weighted by atomic mass is 35.5. The zero-order valence-electron chi connectivity index (χ0n) is 15.1. The van der Waals surface area contributed by atoms with E-state index in [1.165, 1.54) is 12.1 Å². The lowest BCUT2D eigenvalue weighted by Crippen LogP contribution is -2.44. The van der Waals surface area contributed by atoms with Gasteiger partial charge in [0.25, 0.3) is 5.91 Å². The fourth-order valence-corrected chi connectivity index (χ4v) is 3.91. The van der Waals surface area contributed by atoms with Crippen LogP contribution in [0.25, 0.3) is 6.08 Å². The second-order valence-corrected chi connectivity index (χ2v) is 8.51. The van der Waals surface area contributed by atoms with Crippen molar-refractivity contribution in [3.63, 3.8) is 0 Å². The van der Waals surface area contributed by atoms with Crippen LogP contribution in [0.15, 0.2) is 36.4 Å². The molecule has 10 heteroatoms. The normalized spacial score (nSPS) is 15.8. The van der Waals surface area contributed by atoms with E-state index in [0.717, 1.165) is 41.9 Å². The third-order valence-corrected chi connectivity index (χ3v) is 6.24. The highest BCUT2D eigenvalue weighted by Gasteiger charge is 2.39. The number of nitrogens with one attached hydrogen (secondary N) is 1. The van der Waals surface area contributed by atoms with Crippen molar-refractivity contribution in [1.29, 1.82) is 0 Å². The molecule has 1 aliphatic rings. The number of amides is 1. The molecule has 1 fully saturated rings. The molecule has 0 radical (unpaired) electrons. The molecule has 0 saturated carbocycles. The molecule has 0 aromatic heterocycles. The van der Waals surface area contributed by atoms with Crippen molar-refractivity contribution in [2.45, 2.75) is 18.1 Å². The zero-order chi connectivity index (χ0) is 22.1. The quantitative estimate of drug-likeness (QED) is 0.391. The number of hydrogen-bond acceptors (Lipinski definition) is 2. The van der Waals surface area contributed by atoms with Crippen LogP contribution in [0.4, 0.5) is 22.0 Å². The molecule has 2 aromatic carbocycles. The van der Waals surface area contributed by atoms with Crippen molar-refractivity contribution in [3.05, 3.63) is 74.8 Å². The van der Waals surface area contributed by atoms with Crippen LogP contribution < -0.4 is 5.32 Å². The number of benzene rings is 2. The topological polar surface area (TPSA) is 29.1 Å². The van der Waals surface area contributed by atoms with Crippen molar-refractivity contribution in [2.75, 3.05) is 11.5 Å². The van der Waals surface area contributed by atoms with Gasteiger partial charge in [0, 0.05) is 17.5 Å². The summed E-state index contributed by atoms with van der Waals surface area (Å²) in [6.07, 6.45) is -2.86. The molecule has 0 bridgehead atoms. The molecule has 3 rings (SSSR count). The molecule has 1 heterocycles. The molecule has 1 amide bonds. The summed E-state index contributed by atoms with van der Waals surface area (Å²) in [6.45, 7) is 0. The second kappa shape index (κ2) is 9.16. The van der Waals surface area contributed by atoms with Crippen LogP contribution in [0.1, 0.15) is 27.4 Å². The Bertz CT molecular complexity index is 969. The van der Waals surface area contributed by atoms with Crippen molar-refractivity contribution >= 4 is 46.9 Å². The molecule has 2 aromatic rings. The van der Waals surface area contributed by atoms with Crippen LogP contribution in [-0.2, 0) is 0 Å². The summed E-state index contributed by atoms with van der Waals surface area (Å²) >= 11 is 12.9. The molecule has 30 heavy (non-hydrogen) atoms. The van der Waals surface area contributed by atoms with Gasteiger partial charge in [-0.3, -0.25) is 4.79 Å². The summed E-state index contributed by atoms with van der Waals surface area (Å²) in [5.74, 6) is -3.07. The zero-order valence-corrected chi connectivity index (χ0v) is 17.4. The third-order valence-electron chi connectivity index (χ3n) is 4.41. The van der Waals surface area contributed by atoms with E-state index in [1.807, 2.05) is 0 Å². The van der Waals surface area contributed by atoms with Crippen LogP contribution in [-0.4, -0.2) is 29.6 Å². The Morgan fingerprint density at radius 3 is 2.27 bits per heavy atom. The van der Waals surface area contributed by atoms with E-state index in [4.69, 9.17) is 23.2 Å². The maximum Gasteiger partial charge on any atom is 0.399 e. The first kappa shape index (κ1) is 22.9. The minimum absolute atomic E-state index is 0.0108. The molecule has 2 nitrogen and oxygen atoms in total. The number of halogens is 7. The average molecular weight is 482 g/mol. The van der Waals surface area contributed by atoms with E-state index in [-0.39, 0.29) is 22.7 Å². The number of alkyl halides is 3. The van der Waals surface area contributed by atoms with E-state index in [1.54, 1.807) is 11.8 Å². The Morgan fingerprint density at radius 1 is 1.13 bits per heavy atom. The van der Waals surface area contributed by atoms with Gasteiger partial charge in [-0.25, -0.2) is 8.78 Å². The van der Waals surface area contributed by atoms with Gasteiger partial charge in [-0.05, 0) is 35.4 Å². The highest BCUT2D eigenvalue weighted by Crippen LogP contribution is 2.39. The van der Waals surface area contributed by atoms with Gasteiger partial charge < -0.3 is 5.32 Å². The van der Waals surface area contributed by atoms with Gasteiger partial charge in [0.05, 0.1) is 21.5 Å². The predicted molar refractivity (Wildman–Crippen MR) is 109 cm³/mol. The fourth-order valence-electron chi connectivity index (χ4n) is 2.77. The molecule has 160 valence electrons. The van der Waals surface area contributed by atoms with Crippen molar-refractivity contribution in [2.24, 2.45) is 0 Å². The third kappa shape index (κ3) is 5.28. The first-order valence-corrected chi connectivity index (χ1v) is 10.5. The molecule has 1 N–H and O–H groups in total. The Labute approximate surface area is 183 Å².